The summed E-state index contributed by atoms with van der Waals surface area (Å²) in [7, 11) is 1.69. The molecule has 0 bridgehead atoms. The van der Waals surface area contributed by atoms with E-state index in [2.05, 4.69) is 38.1 Å². The first-order valence-corrected chi connectivity index (χ1v) is 7.17. The molecule has 1 aliphatic rings. The summed E-state index contributed by atoms with van der Waals surface area (Å²) in [6, 6.07) is 6.30. The van der Waals surface area contributed by atoms with Gasteiger partial charge in [0.05, 0.1) is 7.11 Å². The van der Waals surface area contributed by atoms with Gasteiger partial charge in [-0.25, -0.2) is 0 Å². The molecule has 2 atom stereocenters. The van der Waals surface area contributed by atoms with Crippen LogP contribution in [0.5, 0.6) is 5.75 Å². The van der Waals surface area contributed by atoms with Crippen molar-refractivity contribution in [3.8, 4) is 5.75 Å². The summed E-state index contributed by atoms with van der Waals surface area (Å²) in [5.74, 6) is 1.93. The predicted molar refractivity (Wildman–Crippen MR) is 75.5 cm³/mol. The standard InChI is InChI=1S/C13H16BrN3O/c1-18-11-2-3-12-10(8-14)6-9(13(12)7-11)4-5-16-17-15/h2-3,7,9-10H,4-6,8H2,1H3/t9-,10-/m1/s1. The van der Waals surface area contributed by atoms with Gasteiger partial charge in [0.25, 0.3) is 0 Å². The summed E-state index contributed by atoms with van der Waals surface area (Å²) in [6.45, 7) is 0.562. The van der Waals surface area contributed by atoms with Gasteiger partial charge in [0.1, 0.15) is 5.75 Å². The van der Waals surface area contributed by atoms with E-state index < -0.39 is 0 Å². The maximum absolute atomic E-state index is 8.35. The molecule has 18 heavy (non-hydrogen) atoms. The normalized spacial score (nSPS) is 21.2. The second kappa shape index (κ2) is 6.12. The monoisotopic (exact) mass is 309 g/mol. The van der Waals surface area contributed by atoms with Gasteiger partial charge in [0, 0.05) is 16.8 Å². The van der Waals surface area contributed by atoms with Gasteiger partial charge in [0.15, 0.2) is 0 Å². The molecule has 0 amide bonds. The maximum Gasteiger partial charge on any atom is 0.119 e. The summed E-state index contributed by atoms with van der Waals surface area (Å²) < 4.78 is 5.29. The quantitative estimate of drug-likeness (QED) is 0.345. The molecule has 0 aromatic heterocycles. The fourth-order valence-corrected chi connectivity index (χ4v) is 3.29. The molecular formula is C13H16BrN3O. The first-order valence-electron chi connectivity index (χ1n) is 6.04. The van der Waals surface area contributed by atoms with Gasteiger partial charge in [-0.2, -0.15) is 0 Å². The lowest BCUT2D eigenvalue weighted by Gasteiger charge is -2.10. The minimum absolute atomic E-state index is 0.475. The van der Waals surface area contributed by atoms with Crippen LogP contribution < -0.4 is 4.74 Å². The molecule has 0 saturated heterocycles. The van der Waals surface area contributed by atoms with Crippen LogP contribution in [0.2, 0.25) is 0 Å². The number of methoxy groups -OCH3 is 1. The van der Waals surface area contributed by atoms with Crippen LogP contribution in [0, 0.1) is 0 Å². The molecule has 5 heteroatoms. The van der Waals surface area contributed by atoms with Gasteiger partial charge in [-0.1, -0.05) is 27.1 Å². The topological polar surface area (TPSA) is 58.0 Å². The third-order valence-corrected chi connectivity index (χ3v) is 4.35. The van der Waals surface area contributed by atoms with E-state index in [9.17, 15) is 0 Å². The first-order chi connectivity index (χ1) is 8.80. The zero-order valence-corrected chi connectivity index (χ0v) is 11.9. The molecule has 0 heterocycles. The van der Waals surface area contributed by atoms with Crippen molar-refractivity contribution in [3.05, 3.63) is 39.8 Å². The van der Waals surface area contributed by atoms with E-state index in [0.29, 0.717) is 18.4 Å². The Bertz CT molecular complexity index is 471. The molecule has 96 valence electrons. The minimum atomic E-state index is 0.475. The number of rotatable bonds is 5. The van der Waals surface area contributed by atoms with Crippen LogP contribution in [-0.2, 0) is 0 Å². The molecule has 0 spiro atoms. The number of halogens is 1. The maximum atomic E-state index is 8.35. The van der Waals surface area contributed by atoms with Crippen molar-refractivity contribution in [2.75, 3.05) is 19.0 Å². The van der Waals surface area contributed by atoms with Crippen LogP contribution in [0.15, 0.2) is 23.3 Å². The number of hydrogen-bond donors (Lipinski definition) is 0. The van der Waals surface area contributed by atoms with E-state index in [0.717, 1.165) is 23.9 Å². The zero-order valence-electron chi connectivity index (χ0n) is 10.3. The first kappa shape index (κ1) is 13.2. The van der Waals surface area contributed by atoms with Crippen molar-refractivity contribution in [1.29, 1.82) is 0 Å². The molecule has 1 aromatic carbocycles. The van der Waals surface area contributed by atoms with Crippen molar-refractivity contribution < 1.29 is 4.74 Å². The van der Waals surface area contributed by atoms with E-state index in [1.165, 1.54) is 11.1 Å². The Morgan fingerprint density at radius 2 is 2.28 bits per heavy atom. The molecule has 0 fully saturated rings. The average Bonchev–Trinajstić information content (AvgIpc) is 2.76. The summed E-state index contributed by atoms with van der Waals surface area (Å²) >= 11 is 3.58. The largest absolute Gasteiger partial charge is 0.497 e. The number of hydrogen-bond acceptors (Lipinski definition) is 2. The Hall–Kier alpha value is -1.19. The van der Waals surface area contributed by atoms with Gasteiger partial charge in [0.2, 0.25) is 0 Å². The van der Waals surface area contributed by atoms with Crippen molar-refractivity contribution in [2.45, 2.75) is 24.7 Å². The Morgan fingerprint density at radius 3 is 2.94 bits per heavy atom. The molecule has 0 unspecified atom stereocenters. The molecule has 1 aliphatic carbocycles. The second-order valence-corrected chi connectivity index (χ2v) is 5.17. The van der Waals surface area contributed by atoms with E-state index in [1.807, 2.05) is 6.07 Å². The lowest BCUT2D eigenvalue weighted by atomic mass is 9.98. The highest BCUT2D eigenvalue weighted by atomic mass is 79.9. The summed E-state index contributed by atoms with van der Waals surface area (Å²) in [6.07, 6.45) is 2.03. The molecule has 4 nitrogen and oxygen atoms in total. The Kier molecular flexibility index (Phi) is 4.50. The third-order valence-electron chi connectivity index (χ3n) is 3.57. The van der Waals surface area contributed by atoms with E-state index >= 15 is 0 Å². The van der Waals surface area contributed by atoms with Gasteiger partial charge < -0.3 is 4.74 Å². The number of nitrogens with zero attached hydrogens (tertiary/aromatic N) is 3. The van der Waals surface area contributed by atoms with Crippen LogP contribution >= 0.6 is 15.9 Å². The predicted octanol–water partition coefficient (Wildman–Crippen LogP) is 4.36. The van der Waals surface area contributed by atoms with Gasteiger partial charge in [-0.3, -0.25) is 0 Å². The molecule has 2 rings (SSSR count). The lowest BCUT2D eigenvalue weighted by molar-refractivity contribution is 0.414. The van der Waals surface area contributed by atoms with Crippen LogP contribution in [0.3, 0.4) is 0 Å². The molecule has 1 aromatic rings. The van der Waals surface area contributed by atoms with Gasteiger partial charge in [-0.15, -0.1) is 0 Å². The number of ether oxygens (including phenoxy) is 1. The molecule has 0 aliphatic heterocycles. The number of alkyl halides is 1. The van der Waals surface area contributed by atoms with E-state index in [-0.39, 0.29) is 0 Å². The van der Waals surface area contributed by atoms with Crippen LogP contribution in [0.25, 0.3) is 10.4 Å². The molecule has 0 radical (unpaired) electrons. The van der Waals surface area contributed by atoms with Crippen molar-refractivity contribution >= 4 is 15.9 Å². The van der Waals surface area contributed by atoms with Gasteiger partial charge in [-0.05, 0) is 53.5 Å². The Balaban J connectivity index is 2.23. The van der Waals surface area contributed by atoms with Gasteiger partial charge >= 0.3 is 0 Å². The number of azide groups is 1. The lowest BCUT2D eigenvalue weighted by Crippen LogP contribution is -1.97. The second-order valence-electron chi connectivity index (χ2n) is 4.52. The van der Waals surface area contributed by atoms with E-state index in [4.69, 9.17) is 10.3 Å². The fourth-order valence-electron chi connectivity index (χ4n) is 2.68. The van der Waals surface area contributed by atoms with Crippen molar-refractivity contribution in [2.24, 2.45) is 5.11 Å². The highest BCUT2D eigenvalue weighted by Crippen LogP contribution is 2.45. The average molecular weight is 310 g/mol. The van der Waals surface area contributed by atoms with Crippen LogP contribution in [0.4, 0.5) is 0 Å². The zero-order chi connectivity index (χ0) is 13.0. The summed E-state index contributed by atoms with van der Waals surface area (Å²) in [5, 5.41) is 4.62. The molecule has 0 saturated carbocycles. The summed E-state index contributed by atoms with van der Waals surface area (Å²) in [5.41, 5.74) is 11.1. The highest BCUT2D eigenvalue weighted by Gasteiger charge is 2.30. The van der Waals surface area contributed by atoms with Crippen LogP contribution in [0.1, 0.15) is 35.8 Å². The number of fused-ring (bicyclic) bond motifs is 1. The van der Waals surface area contributed by atoms with Crippen molar-refractivity contribution in [1.82, 2.24) is 0 Å². The smallest absolute Gasteiger partial charge is 0.119 e. The highest BCUT2D eigenvalue weighted by molar-refractivity contribution is 9.09. The Morgan fingerprint density at radius 1 is 1.44 bits per heavy atom. The number of benzene rings is 1. The minimum Gasteiger partial charge on any atom is -0.497 e. The SMILES string of the molecule is COc1ccc2c(c1)[C@H](CCN=[N+]=[N-])C[C@@H]2CBr. The Labute approximate surface area is 115 Å². The van der Waals surface area contributed by atoms with E-state index in [1.54, 1.807) is 7.11 Å². The van der Waals surface area contributed by atoms with Crippen LogP contribution in [-0.4, -0.2) is 19.0 Å². The van der Waals surface area contributed by atoms with Crippen molar-refractivity contribution in [3.63, 3.8) is 0 Å². The summed E-state index contributed by atoms with van der Waals surface area (Å²) in [4.78, 5) is 2.82. The molecule has 0 N–H and O–H groups in total. The fraction of sp³-hybridized carbons (Fsp3) is 0.538. The molecular weight excluding hydrogens is 294 g/mol. The third kappa shape index (κ3) is 2.62.